The Bertz CT molecular complexity index is 1310. The van der Waals surface area contributed by atoms with Crippen LogP contribution in [-0.4, -0.2) is 44.6 Å². The number of benzene rings is 2. The highest BCUT2D eigenvalue weighted by atomic mass is 32.2. The molecule has 4 rings (SSSR count). The Balaban J connectivity index is 1.89. The molecule has 0 spiro atoms. The molecule has 1 N–H and O–H groups in total. The van der Waals surface area contributed by atoms with Crippen LogP contribution in [-0.2, 0) is 20.8 Å². The normalized spacial score (nSPS) is 22.1. The number of sulfone groups is 1. The highest BCUT2D eigenvalue weighted by Gasteiger charge is 2.52. The zero-order chi connectivity index (χ0) is 28.0. The van der Waals surface area contributed by atoms with Crippen LogP contribution in [0, 0.1) is 17.2 Å². The Kier molecular flexibility index (Phi) is 7.32. The van der Waals surface area contributed by atoms with Gasteiger partial charge < -0.3 is 14.7 Å². The van der Waals surface area contributed by atoms with Gasteiger partial charge in [-0.05, 0) is 49.6 Å². The summed E-state index contributed by atoms with van der Waals surface area (Å²) in [6, 6.07) is 5.11. The molecule has 2 aliphatic rings. The first kappa shape index (κ1) is 28.0. The number of carboxylic acid groups (broad SMARTS) is 1. The van der Waals surface area contributed by atoms with Gasteiger partial charge in [0, 0.05) is 30.6 Å². The molecule has 2 aromatic carbocycles. The van der Waals surface area contributed by atoms with Crippen molar-refractivity contribution in [2.24, 2.45) is 11.3 Å². The second-order valence-electron chi connectivity index (χ2n) is 9.40. The van der Waals surface area contributed by atoms with Gasteiger partial charge in [0.25, 0.3) is 0 Å². The molecule has 2 atom stereocenters. The molecule has 0 aromatic heterocycles. The molecule has 0 amide bonds. The molecule has 38 heavy (non-hydrogen) atoms. The maximum Gasteiger partial charge on any atom is 0.420 e. The van der Waals surface area contributed by atoms with Gasteiger partial charge in [0.2, 0.25) is 21.8 Å². The van der Waals surface area contributed by atoms with Gasteiger partial charge in [0.1, 0.15) is 23.6 Å². The van der Waals surface area contributed by atoms with Crippen molar-refractivity contribution in [2.75, 3.05) is 18.1 Å². The molecule has 0 unspecified atom stereocenters. The van der Waals surface area contributed by atoms with Crippen LogP contribution in [0.2, 0.25) is 0 Å². The Morgan fingerprint density at radius 1 is 1.16 bits per heavy atom. The Morgan fingerprint density at radius 2 is 1.79 bits per heavy atom. The van der Waals surface area contributed by atoms with Crippen LogP contribution in [0.3, 0.4) is 0 Å². The Labute approximate surface area is 212 Å². The zero-order valence-corrected chi connectivity index (χ0v) is 20.3. The Morgan fingerprint density at radius 3 is 2.32 bits per heavy atom. The van der Waals surface area contributed by atoms with Crippen molar-refractivity contribution in [3.63, 3.8) is 0 Å². The molecule has 1 fully saturated rings. The largest absolute Gasteiger partial charge is 0.492 e. The average molecular weight is 569 g/mol. The second kappa shape index (κ2) is 9.93. The van der Waals surface area contributed by atoms with Crippen LogP contribution >= 0.6 is 0 Å². The topological polar surface area (TPSA) is 83.9 Å². The lowest BCUT2D eigenvalue weighted by Crippen LogP contribution is -2.31. The van der Waals surface area contributed by atoms with Crippen LogP contribution in [0.5, 0.6) is 5.75 Å². The first-order chi connectivity index (χ1) is 17.7. The summed E-state index contributed by atoms with van der Waals surface area (Å²) < 4.78 is 129. The van der Waals surface area contributed by atoms with Crippen molar-refractivity contribution in [3.05, 3.63) is 47.8 Å². The van der Waals surface area contributed by atoms with Crippen molar-refractivity contribution in [1.29, 1.82) is 0 Å². The maximum atomic E-state index is 15.5. The number of nitrogens with zero attached hydrogens (tertiary/aromatic N) is 1. The van der Waals surface area contributed by atoms with E-state index in [4.69, 9.17) is 4.74 Å². The smallest absolute Gasteiger partial charge is 0.420 e. The van der Waals surface area contributed by atoms with Crippen molar-refractivity contribution >= 4 is 27.2 Å². The first-order valence-electron chi connectivity index (χ1n) is 11.5. The molecule has 0 radical (unpaired) electrons. The summed E-state index contributed by atoms with van der Waals surface area (Å²) >= 11 is 0. The van der Waals surface area contributed by atoms with Gasteiger partial charge in [-0.2, -0.15) is 13.2 Å². The number of hydrogen-bond acceptors (Lipinski definition) is 5. The maximum absolute atomic E-state index is 15.5. The van der Waals surface area contributed by atoms with Crippen molar-refractivity contribution in [2.45, 2.75) is 48.7 Å². The molecule has 2 aromatic rings. The van der Waals surface area contributed by atoms with Crippen LogP contribution in [0.4, 0.5) is 42.1 Å². The van der Waals surface area contributed by atoms with Gasteiger partial charge >= 0.3 is 12.1 Å². The number of fused-ring (bicyclic) bond motifs is 1. The zero-order valence-electron chi connectivity index (χ0n) is 19.5. The third kappa shape index (κ3) is 5.40. The summed E-state index contributed by atoms with van der Waals surface area (Å²) in [5, 5.41) is 9.32. The number of ether oxygens (including phenoxy) is 1. The van der Waals surface area contributed by atoms with Crippen LogP contribution in [0.15, 0.2) is 41.3 Å². The summed E-state index contributed by atoms with van der Waals surface area (Å²) in [5.74, 6) is -4.57. The van der Waals surface area contributed by atoms with Gasteiger partial charge in [-0.1, -0.05) is 0 Å². The molecule has 0 saturated heterocycles. The van der Waals surface area contributed by atoms with Crippen LogP contribution < -0.4 is 9.64 Å². The molecular formula is C24H22F7NO5S. The van der Waals surface area contributed by atoms with E-state index in [1.54, 1.807) is 0 Å². The number of carboxylic acids is 1. The van der Waals surface area contributed by atoms with E-state index in [9.17, 15) is 44.7 Å². The average Bonchev–Trinajstić information content (AvgIpc) is 3.64. The minimum absolute atomic E-state index is 0.00333. The summed E-state index contributed by atoms with van der Waals surface area (Å²) in [6.07, 6.45) is -9.14. The van der Waals surface area contributed by atoms with E-state index in [0.29, 0.717) is 12.1 Å². The van der Waals surface area contributed by atoms with E-state index >= 15 is 4.39 Å². The van der Waals surface area contributed by atoms with E-state index in [-0.39, 0.29) is 18.5 Å². The summed E-state index contributed by atoms with van der Waals surface area (Å²) in [4.78, 5) is 11.6. The van der Waals surface area contributed by atoms with E-state index < -0.39 is 99.0 Å². The van der Waals surface area contributed by atoms with E-state index in [1.165, 1.54) is 0 Å². The summed E-state index contributed by atoms with van der Waals surface area (Å²) in [6.45, 7) is -1.27. The highest BCUT2D eigenvalue weighted by Crippen LogP contribution is 2.50. The number of anilines is 2. The number of aliphatic carboxylic acids is 1. The second-order valence-corrected chi connectivity index (χ2v) is 11.4. The third-order valence-corrected chi connectivity index (χ3v) is 8.67. The minimum Gasteiger partial charge on any atom is -0.492 e. The molecule has 1 heterocycles. The fourth-order valence-electron chi connectivity index (χ4n) is 4.33. The predicted molar refractivity (Wildman–Crippen MR) is 120 cm³/mol. The van der Waals surface area contributed by atoms with Gasteiger partial charge in [-0.15, -0.1) is 0 Å². The van der Waals surface area contributed by atoms with Gasteiger partial charge in [-0.25, -0.2) is 26.0 Å². The molecule has 0 bridgehead atoms. The Hall–Kier alpha value is -3.03. The molecule has 1 saturated carbocycles. The number of alkyl halides is 6. The van der Waals surface area contributed by atoms with Crippen molar-refractivity contribution in [3.8, 4) is 5.75 Å². The van der Waals surface area contributed by atoms with Gasteiger partial charge in [0.05, 0.1) is 16.1 Å². The van der Waals surface area contributed by atoms with E-state index in [2.05, 4.69) is 0 Å². The highest BCUT2D eigenvalue weighted by molar-refractivity contribution is 7.92. The number of rotatable bonds is 8. The first-order valence-corrected chi connectivity index (χ1v) is 13.0. The molecule has 1 aliphatic carbocycles. The molecular weight excluding hydrogens is 547 g/mol. The standard InChI is InChI=1S/C24H22F7NO5S/c25-14-2-4-15(5-3-14)32-11-13(1-6-20(26)27)21(28)38(35,36)19-10-18(16(9-17(19)32)24(29,30)31)37-12-23(7-8-23)22(33)34/h2-5,9-10,13,20-21H,1,6-8,11-12H2,(H,33,34)/t13-,21+/m1/s1. The van der Waals surface area contributed by atoms with Crippen molar-refractivity contribution in [1.82, 2.24) is 0 Å². The fraction of sp³-hybridized carbons (Fsp3) is 0.458. The van der Waals surface area contributed by atoms with Gasteiger partial charge in [0.15, 0.2) is 0 Å². The molecule has 1 aliphatic heterocycles. The fourth-order valence-corrected chi connectivity index (χ4v) is 6.04. The SMILES string of the molecule is O=C(O)C1(COc2cc3c(cc2C(F)(F)F)N(c2ccc(F)cc2)C[C@@H](CCC(F)F)[C@@H](F)S3(=O)=O)CC1. The van der Waals surface area contributed by atoms with Crippen LogP contribution in [0.25, 0.3) is 0 Å². The summed E-state index contributed by atoms with van der Waals surface area (Å²) in [7, 11) is -5.03. The lowest BCUT2D eigenvalue weighted by molar-refractivity contribution is -0.144. The molecule has 208 valence electrons. The number of halogens is 7. The van der Waals surface area contributed by atoms with Gasteiger partial charge in [-0.3, -0.25) is 4.79 Å². The lowest BCUT2D eigenvalue weighted by Gasteiger charge is -2.28. The van der Waals surface area contributed by atoms with E-state index in [1.807, 2.05) is 0 Å². The monoisotopic (exact) mass is 569 g/mol. The van der Waals surface area contributed by atoms with E-state index in [0.717, 1.165) is 29.2 Å². The number of hydrogen-bond donors (Lipinski definition) is 1. The molecule has 14 heteroatoms. The quantitative estimate of drug-likeness (QED) is 0.395. The molecule has 6 nitrogen and oxygen atoms in total. The summed E-state index contributed by atoms with van der Waals surface area (Å²) in [5.41, 5.74) is -6.20. The third-order valence-electron chi connectivity index (χ3n) is 6.75. The lowest BCUT2D eigenvalue weighted by atomic mass is 10.0. The number of carbonyl (C=O) groups is 1. The van der Waals surface area contributed by atoms with Crippen LogP contribution in [0.1, 0.15) is 31.2 Å². The minimum atomic E-state index is -5.10. The van der Waals surface area contributed by atoms with Crippen molar-refractivity contribution < 1.29 is 53.8 Å². The predicted octanol–water partition coefficient (Wildman–Crippen LogP) is 5.97.